The Morgan fingerprint density at radius 3 is 2.48 bits per heavy atom. The minimum absolute atomic E-state index is 0.0668. The van der Waals surface area contributed by atoms with Gasteiger partial charge in [0.25, 0.3) is 5.91 Å². The maximum absolute atomic E-state index is 13.3. The van der Waals surface area contributed by atoms with Crippen LogP contribution in [0.1, 0.15) is 34.8 Å². The first kappa shape index (κ1) is 20.4. The normalized spacial score (nSPS) is 11.1. The molecule has 144 valence electrons. The van der Waals surface area contributed by atoms with Crippen molar-refractivity contribution in [2.24, 2.45) is 4.99 Å². The van der Waals surface area contributed by atoms with Gasteiger partial charge in [-0.25, -0.2) is 9.38 Å². The van der Waals surface area contributed by atoms with Crippen LogP contribution < -0.4 is 16.0 Å². The van der Waals surface area contributed by atoms with Gasteiger partial charge >= 0.3 is 0 Å². The van der Waals surface area contributed by atoms with Crippen LogP contribution >= 0.6 is 0 Å². The second-order valence-electron chi connectivity index (χ2n) is 6.18. The van der Waals surface area contributed by atoms with E-state index in [2.05, 4.69) is 20.9 Å². The largest absolute Gasteiger partial charge is 0.357 e. The van der Waals surface area contributed by atoms with Crippen molar-refractivity contribution >= 4 is 11.9 Å². The molecule has 5 nitrogen and oxygen atoms in total. The highest BCUT2D eigenvalue weighted by molar-refractivity contribution is 5.94. The highest BCUT2D eigenvalue weighted by Gasteiger charge is 2.03. The molecule has 0 fully saturated rings. The average Bonchev–Trinajstić information content (AvgIpc) is 2.68. The van der Waals surface area contributed by atoms with Crippen molar-refractivity contribution in [2.75, 3.05) is 19.6 Å². The molecule has 6 heteroatoms. The number of carbonyl (C=O) groups excluding carboxylic acids is 1. The topological polar surface area (TPSA) is 65.5 Å². The van der Waals surface area contributed by atoms with Crippen LogP contribution in [-0.2, 0) is 6.54 Å². The molecule has 0 saturated heterocycles. The fraction of sp³-hybridized carbons (Fsp3) is 0.333. The first-order valence-corrected chi connectivity index (χ1v) is 9.20. The molecule has 2 rings (SSSR count). The molecular weight excluding hydrogens is 343 g/mol. The Labute approximate surface area is 160 Å². The van der Waals surface area contributed by atoms with Gasteiger partial charge in [0.15, 0.2) is 5.96 Å². The third-order valence-electron chi connectivity index (χ3n) is 3.95. The molecule has 2 aromatic carbocycles. The fourth-order valence-electron chi connectivity index (χ4n) is 2.51. The standard InChI is InChI=1S/C21H27FN4O/c1-3-23-21(26-15-17-10-11-19(22)16(2)14-17)25-13-7-12-24-20(27)18-8-5-4-6-9-18/h4-6,8-11,14H,3,7,12-13,15H2,1-2H3,(H,24,27)(H2,23,25,26). The number of guanidine groups is 1. The number of benzene rings is 2. The van der Waals surface area contributed by atoms with E-state index in [0.29, 0.717) is 36.7 Å². The predicted molar refractivity (Wildman–Crippen MR) is 107 cm³/mol. The van der Waals surface area contributed by atoms with Crippen molar-refractivity contribution in [3.63, 3.8) is 0 Å². The molecule has 0 aliphatic carbocycles. The highest BCUT2D eigenvalue weighted by atomic mass is 19.1. The predicted octanol–water partition coefficient (Wildman–Crippen LogP) is 3.01. The quantitative estimate of drug-likeness (QED) is 0.380. The van der Waals surface area contributed by atoms with Gasteiger partial charge in [-0.1, -0.05) is 30.3 Å². The van der Waals surface area contributed by atoms with Crippen molar-refractivity contribution in [3.8, 4) is 0 Å². The summed E-state index contributed by atoms with van der Waals surface area (Å²) >= 11 is 0. The van der Waals surface area contributed by atoms with Crippen LogP contribution in [0.3, 0.4) is 0 Å². The highest BCUT2D eigenvalue weighted by Crippen LogP contribution is 2.10. The van der Waals surface area contributed by atoms with Gasteiger partial charge in [-0.2, -0.15) is 0 Å². The van der Waals surface area contributed by atoms with E-state index in [1.54, 1.807) is 25.1 Å². The number of rotatable bonds is 8. The first-order valence-electron chi connectivity index (χ1n) is 9.20. The van der Waals surface area contributed by atoms with E-state index in [0.717, 1.165) is 18.5 Å². The molecule has 0 bridgehead atoms. The summed E-state index contributed by atoms with van der Waals surface area (Å²) < 4.78 is 13.3. The smallest absolute Gasteiger partial charge is 0.251 e. The molecule has 0 saturated carbocycles. The van der Waals surface area contributed by atoms with Crippen LogP contribution in [0.5, 0.6) is 0 Å². The number of hydrogen-bond donors (Lipinski definition) is 3. The Morgan fingerprint density at radius 1 is 1.04 bits per heavy atom. The van der Waals surface area contributed by atoms with Gasteiger partial charge in [-0.05, 0) is 49.6 Å². The Kier molecular flexibility index (Phi) is 8.29. The zero-order valence-corrected chi connectivity index (χ0v) is 15.9. The number of aliphatic imine (C=N–C) groups is 1. The molecule has 0 spiro atoms. The summed E-state index contributed by atoms with van der Waals surface area (Å²) in [4.78, 5) is 16.5. The van der Waals surface area contributed by atoms with E-state index in [1.807, 2.05) is 31.2 Å². The van der Waals surface area contributed by atoms with E-state index in [-0.39, 0.29) is 11.7 Å². The van der Waals surface area contributed by atoms with Crippen molar-refractivity contribution in [1.29, 1.82) is 0 Å². The molecule has 0 aromatic heterocycles. The SMILES string of the molecule is CCNC(=NCc1ccc(F)c(C)c1)NCCCNC(=O)c1ccccc1. The maximum atomic E-state index is 13.3. The number of hydrogen-bond acceptors (Lipinski definition) is 2. The first-order chi connectivity index (χ1) is 13.1. The van der Waals surface area contributed by atoms with Gasteiger partial charge in [-0.15, -0.1) is 0 Å². The number of amides is 1. The molecule has 0 unspecified atom stereocenters. The van der Waals surface area contributed by atoms with Crippen LogP contribution in [0.25, 0.3) is 0 Å². The van der Waals surface area contributed by atoms with Crippen molar-refractivity contribution in [3.05, 3.63) is 71.0 Å². The molecule has 3 N–H and O–H groups in total. The lowest BCUT2D eigenvalue weighted by molar-refractivity contribution is 0.0953. The van der Waals surface area contributed by atoms with Crippen LogP contribution in [-0.4, -0.2) is 31.5 Å². The van der Waals surface area contributed by atoms with Gasteiger partial charge in [0.2, 0.25) is 0 Å². The Balaban J connectivity index is 1.75. The molecular formula is C21H27FN4O. The number of aryl methyl sites for hydroxylation is 1. The van der Waals surface area contributed by atoms with E-state index in [4.69, 9.17) is 0 Å². The molecule has 0 aliphatic heterocycles. The Hall–Kier alpha value is -2.89. The summed E-state index contributed by atoms with van der Waals surface area (Å²) in [5.41, 5.74) is 2.24. The summed E-state index contributed by atoms with van der Waals surface area (Å²) in [5, 5.41) is 9.33. The second-order valence-corrected chi connectivity index (χ2v) is 6.18. The van der Waals surface area contributed by atoms with E-state index >= 15 is 0 Å². The van der Waals surface area contributed by atoms with Crippen molar-refractivity contribution in [2.45, 2.75) is 26.8 Å². The van der Waals surface area contributed by atoms with Crippen molar-refractivity contribution in [1.82, 2.24) is 16.0 Å². The third-order valence-corrected chi connectivity index (χ3v) is 3.95. The van der Waals surface area contributed by atoms with Gasteiger partial charge in [-0.3, -0.25) is 4.79 Å². The van der Waals surface area contributed by atoms with Crippen LogP contribution in [0.4, 0.5) is 4.39 Å². The molecule has 1 amide bonds. The van der Waals surface area contributed by atoms with Gasteiger partial charge in [0.1, 0.15) is 5.82 Å². The molecule has 0 radical (unpaired) electrons. The summed E-state index contributed by atoms with van der Waals surface area (Å²) in [6, 6.07) is 14.2. The molecule has 0 heterocycles. The molecule has 0 aliphatic rings. The van der Waals surface area contributed by atoms with E-state index in [9.17, 15) is 9.18 Å². The maximum Gasteiger partial charge on any atom is 0.251 e. The third kappa shape index (κ3) is 7.09. The van der Waals surface area contributed by atoms with Gasteiger partial charge in [0, 0.05) is 25.2 Å². The number of halogens is 1. The summed E-state index contributed by atoms with van der Waals surface area (Å²) in [7, 11) is 0. The zero-order valence-electron chi connectivity index (χ0n) is 15.9. The average molecular weight is 370 g/mol. The van der Waals surface area contributed by atoms with Gasteiger partial charge in [0.05, 0.1) is 6.54 Å². The second kappa shape index (κ2) is 11.0. The van der Waals surface area contributed by atoms with Crippen LogP contribution in [0.15, 0.2) is 53.5 Å². The minimum Gasteiger partial charge on any atom is -0.357 e. The molecule has 0 atom stereocenters. The zero-order chi connectivity index (χ0) is 19.5. The number of carbonyl (C=O) groups is 1. The number of nitrogens with one attached hydrogen (secondary N) is 3. The molecule has 2 aromatic rings. The van der Waals surface area contributed by atoms with Gasteiger partial charge < -0.3 is 16.0 Å². The van der Waals surface area contributed by atoms with Crippen molar-refractivity contribution < 1.29 is 9.18 Å². The minimum atomic E-state index is -0.203. The summed E-state index contributed by atoms with van der Waals surface area (Å²) in [6.07, 6.45) is 0.776. The van der Waals surface area contributed by atoms with E-state index in [1.165, 1.54) is 6.07 Å². The lowest BCUT2D eigenvalue weighted by Crippen LogP contribution is -2.38. The Bertz CT molecular complexity index is 762. The lowest BCUT2D eigenvalue weighted by Gasteiger charge is -2.12. The lowest BCUT2D eigenvalue weighted by atomic mass is 10.1. The number of nitrogens with zero attached hydrogens (tertiary/aromatic N) is 1. The van der Waals surface area contributed by atoms with Crippen LogP contribution in [0.2, 0.25) is 0 Å². The summed E-state index contributed by atoms with van der Waals surface area (Å²) in [6.45, 7) is 6.23. The van der Waals surface area contributed by atoms with E-state index < -0.39 is 0 Å². The van der Waals surface area contributed by atoms with Crippen LogP contribution in [0, 0.1) is 12.7 Å². The summed E-state index contributed by atoms with van der Waals surface area (Å²) in [5.74, 6) is 0.432. The fourth-order valence-corrected chi connectivity index (χ4v) is 2.51. The molecule has 27 heavy (non-hydrogen) atoms. The monoisotopic (exact) mass is 370 g/mol. The Morgan fingerprint density at radius 2 is 1.78 bits per heavy atom.